The quantitative estimate of drug-likeness (QED) is 0.0792. The van der Waals surface area contributed by atoms with Crippen LogP contribution in [0.3, 0.4) is 0 Å². The van der Waals surface area contributed by atoms with Gasteiger partial charge < -0.3 is 0 Å². The highest BCUT2D eigenvalue weighted by molar-refractivity contribution is 7.85. The highest BCUT2D eigenvalue weighted by atomic mass is 31.2. The van der Waals surface area contributed by atoms with Crippen molar-refractivity contribution in [3.63, 3.8) is 0 Å². The van der Waals surface area contributed by atoms with Crippen molar-refractivity contribution in [2.75, 3.05) is 0 Å². The van der Waals surface area contributed by atoms with Gasteiger partial charge in [0.25, 0.3) is 0 Å². The number of nitrogens with zero attached hydrogens (tertiary/aromatic N) is 2. The minimum Gasteiger partial charge on any atom is -0.242 e. The third-order valence-corrected chi connectivity index (χ3v) is 22.2. The van der Waals surface area contributed by atoms with E-state index in [-0.39, 0.29) is 29.5 Å². The summed E-state index contributed by atoms with van der Waals surface area (Å²) in [7, 11) is -5.59. The molecule has 0 N–H and O–H groups in total. The van der Waals surface area contributed by atoms with E-state index < -0.39 is 43.9 Å². The molecule has 330 valence electrons. The summed E-state index contributed by atoms with van der Waals surface area (Å²) in [5.41, 5.74) is 0. The van der Waals surface area contributed by atoms with Crippen LogP contribution >= 0.6 is 32.3 Å². The van der Waals surface area contributed by atoms with Gasteiger partial charge in [-0.15, -0.1) is 0 Å². The molecule has 1 atom stereocenters. The predicted molar refractivity (Wildman–Crippen MR) is 270 cm³/mol. The molecule has 8 aromatic carbocycles. The van der Waals surface area contributed by atoms with Gasteiger partial charge in [0.1, 0.15) is 29.1 Å². The standard InChI is InChI=1S/C27H24F3NP2.C27H25F2NP2/c1-20(2)31(32(21-12-4-3-5-13-21)25-17-9-6-14-22(25)28)33(26-18-10-7-15-23(26)29)27-19-11-8-16-24(27)30;1-21(2)30(31(22-13-5-3-6-14-22)23-15-7-4-8-16-23)32(26-19-11-9-17-24(26)28)27-20-12-10-18-25(27)29/h3-20H,1-2H3;3-21H,1-2H3. The Morgan fingerprint density at radius 2 is 0.462 bits per heavy atom. The van der Waals surface area contributed by atoms with Crippen molar-refractivity contribution in [1.82, 2.24) is 8.88 Å². The maximum absolute atomic E-state index is 15.2. The molecule has 0 heterocycles. The average molecular weight is 945 g/mol. The molecule has 0 aliphatic heterocycles. The Morgan fingerprint density at radius 1 is 0.262 bits per heavy atom. The Bertz CT molecular complexity index is 2620. The van der Waals surface area contributed by atoms with Crippen molar-refractivity contribution >= 4 is 74.7 Å². The normalized spacial score (nSPS) is 12.1. The topological polar surface area (TPSA) is 6.48 Å². The monoisotopic (exact) mass is 944 g/mol. The molecule has 0 bridgehead atoms. The van der Waals surface area contributed by atoms with E-state index in [1.54, 1.807) is 72.8 Å². The molecule has 0 saturated carbocycles. The molecule has 11 heteroatoms. The molecular weight excluding hydrogens is 895 g/mol. The van der Waals surface area contributed by atoms with Crippen LogP contribution in [-0.2, 0) is 0 Å². The summed E-state index contributed by atoms with van der Waals surface area (Å²) in [6, 6.07) is 63.4. The fourth-order valence-corrected chi connectivity index (χ4v) is 19.8. The fourth-order valence-electron chi connectivity index (χ4n) is 7.38. The molecule has 8 rings (SSSR count). The van der Waals surface area contributed by atoms with Crippen molar-refractivity contribution in [2.45, 2.75) is 39.8 Å². The molecule has 0 aliphatic carbocycles. The van der Waals surface area contributed by atoms with Crippen molar-refractivity contribution in [1.29, 1.82) is 0 Å². The lowest BCUT2D eigenvalue weighted by atomic mass is 10.3. The van der Waals surface area contributed by atoms with E-state index in [0.29, 0.717) is 26.5 Å². The van der Waals surface area contributed by atoms with Gasteiger partial charge in [-0.25, -0.2) is 30.8 Å². The van der Waals surface area contributed by atoms with E-state index >= 15 is 22.0 Å². The van der Waals surface area contributed by atoms with E-state index in [9.17, 15) is 0 Å². The molecule has 0 saturated heterocycles. The first-order valence-electron chi connectivity index (χ1n) is 21.2. The van der Waals surface area contributed by atoms with Crippen molar-refractivity contribution in [2.24, 2.45) is 0 Å². The van der Waals surface area contributed by atoms with Crippen molar-refractivity contribution < 1.29 is 22.0 Å². The average Bonchev–Trinajstić information content (AvgIpc) is 3.32. The third kappa shape index (κ3) is 11.4. The Hall–Kier alpha value is -4.95. The lowest BCUT2D eigenvalue weighted by Gasteiger charge is -2.41. The SMILES string of the molecule is CC(C)N(P(c1ccccc1)c1ccccc1)P(c1ccccc1F)c1ccccc1F.CC(C)N(P(c1ccccc1)c1ccccc1F)P(c1ccccc1F)c1ccccc1F. The van der Waals surface area contributed by atoms with Crippen molar-refractivity contribution in [3.8, 4) is 0 Å². The number of hydrogen-bond donors (Lipinski definition) is 0. The first kappa shape index (κ1) is 48.0. The largest absolute Gasteiger partial charge is 0.242 e. The summed E-state index contributed by atoms with van der Waals surface area (Å²) in [5, 5.41) is 5.70. The van der Waals surface area contributed by atoms with Crippen LogP contribution in [0, 0.1) is 29.1 Å². The van der Waals surface area contributed by atoms with Gasteiger partial charge in [-0.05, 0) is 104 Å². The number of hydrogen-bond acceptors (Lipinski definition) is 2. The van der Waals surface area contributed by atoms with Gasteiger partial charge in [0.15, 0.2) is 0 Å². The highest BCUT2D eigenvalue weighted by Crippen LogP contribution is 2.58. The molecule has 2 nitrogen and oxygen atoms in total. The smallest absolute Gasteiger partial charge is 0.132 e. The van der Waals surface area contributed by atoms with Crippen LogP contribution in [0.1, 0.15) is 27.7 Å². The van der Waals surface area contributed by atoms with E-state index in [1.807, 2.05) is 98.8 Å². The minimum absolute atomic E-state index is 0.0480. The Morgan fingerprint density at radius 3 is 0.708 bits per heavy atom. The van der Waals surface area contributed by atoms with E-state index in [1.165, 1.54) is 30.3 Å². The second-order valence-electron chi connectivity index (χ2n) is 15.3. The van der Waals surface area contributed by atoms with Crippen LogP contribution in [0.2, 0.25) is 0 Å². The van der Waals surface area contributed by atoms with Crippen LogP contribution in [0.4, 0.5) is 22.0 Å². The van der Waals surface area contributed by atoms with Gasteiger partial charge >= 0.3 is 0 Å². The maximum atomic E-state index is 15.2. The second-order valence-corrected chi connectivity index (χ2v) is 24.1. The van der Waals surface area contributed by atoms with Crippen molar-refractivity contribution in [3.05, 3.63) is 241 Å². The number of halogens is 5. The van der Waals surface area contributed by atoms with Crippen LogP contribution in [0.15, 0.2) is 212 Å². The summed E-state index contributed by atoms with van der Waals surface area (Å²) >= 11 is 0. The molecule has 0 fully saturated rings. The summed E-state index contributed by atoms with van der Waals surface area (Å²) in [6.07, 6.45) is 0. The van der Waals surface area contributed by atoms with Gasteiger partial charge in [0, 0.05) is 70.9 Å². The summed E-state index contributed by atoms with van der Waals surface area (Å²) in [4.78, 5) is 0. The lowest BCUT2D eigenvalue weighted by Crippen LogP contribution is -2.37. The first-order chi connectivity index (χ1) is 31.6. The third-order valence-electron chi connectivity index (χ3n) is 10.1. The molecule has 0 amide bonds. The van der Waals surface area contributed by atoms with Crippen LogP contribution < -0.4 is 42.4 Å². The highest BCUT2D eigenvalue weighted by Gasteiger charge is 2.38. The molecule has 0 aliphatic rings. The summed E-state index contributed by atoms with van der Waals surface area (Å²) in [6.45, 7) is 8.21. The Kier molecular flexibility index (Phi) is 17.0. The summed E-state index contributed by atoms with van der Waals surface area (Å²) in [5.74, 6) is -1.72. The van der Waals surface area contributed by atoms with E-state index in [0.717, 1.165) is 15.9 Å². The van der Waals surface area contributed by atoms with Gasteiger partial charge in [-0.3, -0.25) is 0 Å². The number of benzene rings is 8. The van der Waals surface area contributed by atoms with Crippen LogP contribution in [0.25, 0.3) is 0 Å². The lowest BCUT2D eigenvalue weighted by molar-refractivity contribution is 0.576. The van der Waals surface area contributed by atoms with Gasteiger partial charge in [0.2, 0.25) is 0 Å². The molecular formula is C54H49F5N2P4. The molecule has 0 aromatic heterocycles. The Balaban J connectivity index is 0.000000194. The number of rotatable bonds is 14. The maximum Gasteiger partial charge on any atom is 0.132 e. The van der Waals surface area contributed by atoms with Gasteiger partial charge in [0.05, 0.1) is 0 Å². The molecule has 65 heavy (non-hydrogen) atoms. The molecule has 1 unspecified atom stereocenters. The fraction of sp³-hybridized carbons (Fsp3) is 0.111. The zero-order valence-electron chi connectivity index (χ0n) is 36.4. The van der Waals surface area contributed by atoms with Gasteiger partial charge in [-0.1, -0.05) is 152 Å². The van der Waals surface area contributed by atoms with E-state index in [4.69, 9.17) is 0 Å². The molecule has 0 spiro atoms. The zero-order chi connectivity index (χ0) is 45.9. The van der Waals surface area contributed by atoms with Crippen LogP contribution in [-0.4, -0.2) is 21.0 Å². The van der Waals surface area contributed by atoms with E-state index in [2.05, 4.69) is 47.0 Å². The van der Waals surface area contributed by atoms with Crippen LogP contribution in [0.5, 0.6) is 0 Å². The van der Waals surface area contributed by atoms with Gasteiger partial charge in [-0.2, -0.15) is 0 Å². The first-order valence-corrected chi connectivity index (χ1v) is 26.4. The molecule has 0 radical (unpaired) electrons. The summed E-state index contributed by atoms with van der Waals surface area (Å²) < 4.78 is 80.6. The predicted octanol–water partition coefficient (Wildman–Crippen LogP) is 12.3. The Labute approximate surface area is 385 Å². The minimum atomic E-state index is -1.65. The zero-order valence-corrected chi connectivity index (χ0v) is 40.0. The second kappa shape index (κ2) is 23.0. The molecule has 8 aromatic rings.